The predicted octanol–water partition coefficient (Wildman–Crippen LogP) is 2.51. The molecule has 1 aromatic rings. The number of hydrogen-bond acceptors (Lipinski definition) is 4. The highest BCUT2D eigenvalue weighted by atomic mass is 32.2. The van der Waals surface area contributed by atoms with Crippen LogP contribution >= 0.6 is 0 Å². The summed E-state index contributed by atoms with van der Waals surface area (Å²) in [5.74, 6) is 2.38. The third-order valence-electron chi connectivity index (χ3n) is 3.28. The van der Waals surface area contributed by atoms with Crippen molar-refractivity contribution < 1.29 is 13.7 Å². The van der Waals surface area contributed by atoms with Crippen LogP contribution < -0.4 is 14.8 Å². The monoisotopic (exact) mass is 299 g/mol. The van der Waals surface area contributed by atoms with Crippen molar-refractivity contribution in [2.75, 3.05) is 26.2 Å². The highest BCUT2D eigenvalue weighted by molar-refractivity contribution is 7.84. The lowest BCUT2D eigenvalue weighted by atomic mass is 10.1. The molecule has 1 N–H and O–H groups in total. The molecule has 0 aliphatic heterocycles. The standard InChI is InChI=1S/C15H25NO3S/c1-11(8-9-20(5)17)16-12(2)14-10-13(18-3)6-7-15(14)19-4/h6-7,10-12,16H,8-9H2,1-5H3. The van der Waals surface area contributed by atoms with E-state index in [2.05, 4.69) is 19.2 Å². The van der Waals surface area contributed by atoms with Crippen LogP contribution in [0.15, 0.2) is 18.2 Å². The Morgan fingerprint density at radius 3 is 2.50 bits per heavy atom. The molecule has 0 aromatic heterocycles. The van der Waals surface area contributed by atoms with E-state index in [1.54, 1.807) is 20.5 Å². The maximum atomic E-state index is 11.1. The van der Waals surface area contributed by atoms with Gasteiger partial charge in [-0.05, 0) is 38.5 Å². The summed E-state index contributed by atoms with van der Waals surface area (Å²) >= 11 is 0. The zero-order chi connectivity index (χ0) is 15.1. The van der Waals surface area contributed by atoms with Crippen LogP contribution in [0.25, 0.3) is 0 Å². The number of benzene rings is 1. The molecule has 0 heterocycles. The summed E-state index contributed by atoms with van der Waals surface area (Å²) in [6.07, 6.45) is 2.63. The maximum Gasteiger partial charge on any atom is 0.123 e. The average molecular weight is 299 g/mol. The normalized spacial score (nSPS) is 15.4. The first-order valence-corrected chi connectivity index (χ1v) is 8.48. The maximum absolute atomic E-state index is 11.1. The van der Waals surface area contributed by atoms with Gasteiger partial charge in [0.15, 0.2) is 0 Å². The second kappa shape index (κ2) is 8.27. The van der Waals surface area contributed by atoms with Crippen LogP contribution in [0.5, 0.6) is 11.5 Å². The van der Waals surface area contributed by atoms with Crippen LogP contribution in [-0.2, 0) is 10.8 Å². The van der Waals surface area contributed by atoms with Crippen LogP contribution in [0.4, 0.5) is 0 Å². The fourth-order valence-electron chi connectivity index (χ4n) is 2.12. The van der Waals surface area contributed by atoms with Crippen molar-refractivity contribution in [3.63, 3.8) is 0 Å². The molecule has 0 fully saturated rings. The molecule has 0 saturated heterocycles. The molecule has 0 aliphatic rings. The summed E-state index contributed by atoms with van der Waals surface area (Å²) in [5.41, 5.74) is 1.07. The molecule has 0 spiro atoms. The Morgan fingerprint density at radius 1 is 1.25 bits per heavy atom. The van der Waals surface area contributed by atoms with Crippen molar-refractivity contribution in [1.29, 1.82) is 0 Å². The average Bonchev–Trinajstić information content (AvgIpc) is 2.44. The summed E-state index contributed by atoms with van der Waals surface area (Å²) in [6, 6.07) is 6.23. The van der Waals surface area contributed by atoms with Gasteiger partial charge in [0.05, 0.1) is 14.2 Å². The van der Waals surface area contributed by atoms with Crippen molar-refractivity contribution in [2.24, 2.45) is 0 Å². The first-order valence-electron chi connectivity index (χ1n) is 6.76. The topological polar surface area (TPSA) is 47.6 Å². The van der Waals surface area contributed by atoms with Crippen molar-refractivity contribution in [3.8, 4) is 11.5 Å². The molecule has 0 bridgehead atoms. The summed E-state index contributed by atoms with van der Waals surface area (Å²) in [6.45, 7) is 4.20. The molecule has 5 heteroatoms. The van der Waals surface area contributed by atoms with Crippen LogP contribution in [0.1, 0.15) is 31.9 Å². The fourth-order valence-corrected chi connectivity index (χ4v) is 2.81. The molecule has 114 valence electrons. The van der Waals surface area contributed by atoms with Gasteiger partial charge in [-0.15, -0.1) is 0 Å². The fraction of sp³-hybridized carbons (Fsp3) is 0.600. The van der Waals surface area contributed by atoms with E-state index in [1.807, 2.05) is 18.2 Å². The Bertz CT molecular complexity index is 451. The highest BCUT2D eigenvalue weighted by Gasteiger charge is 2.15. The van der Waals surface area contributed by atoms with Gasteiger partial charge in [-0.25, -0.2) is 0 Å². The molecule has 0 amide bonds. The van der Waals surface area contributed by atoms with E-state index >= 15 is 0 Å². The number of ether oxygens (including phenoxy) is 2. The molecule has 4 nitrogen and oxygen atoms in total. The highest BCUT2D eigenvalue weighted by Crippen LogP contribution is 2.29. The van der Waals surface area contributed by atoms with Gasteiger partial charge in [0, 0.05) is 40.5 Å². The molecule has 3 atom stereocenters. The molecule has 3 unspecified atom stereocenters. The van der Waals surface area contributed by atoms with Gasteiger partial charge >= 0.3 is 0 Å². The number of rotatable bonds is 8. The Hall–Kier alpha value is -1.07. The number of hydrogen-bond donors (Lipinski definition) is 1. The minimum absolute atomic E-state index is 0.139. The van der Waals surface area contributed by atoms with Gasteiger partial charge in [0.2, 0.25) is 0 Å². The first-order chi connectivity index (χ1) is 9.47. The van der Waals surface area contributed by atoms with Gasteiger partial charge in [0.25, 0.3) is 0 Å². The van der Waals surface area contributed by atoms with Gasteiger partial charge in [-0.1, -0.05) is 0 Å². The van der Waals surface area contributed by atoms with E-state index in [0.717, 1.165) is 29.2 Å². The van der Waals surface area contributed by atoms with E-state index in [1.165, 1.54) is 0 Å². The van der Waals surface area contributed by atoms with Crippen LogP contribution in [0, 0.1) is 0 Å². The molecule has 20 heavy (non-hydrogen) atoms. The predicted molar refractivity (Wildman–Crippen MR) is 84.1 cm³/mol. The molecular formula is C15H25NO3S. The van der Waals surface area contributed by atoms with Gasteiger partial charge in [-0.2, -0.15) is 0 Å². The van der Waals surface area contributed by atoms with E-state index in [9.17, 15) is 4.21 Å². The Kier molecular flexibility index (Phi) is 7.02. The number of nitrogens with one attached hydrogen (secondary N) is 1. The van der Waals surface area contributed by atoms with Crippen molar-refractivity contribution >= 4 is 10.8 Å². The smallest absolute Gasteiger partial charge is 0.123 e. The SMILES string of the molecule is COc1ccc(OC)c(C(C)NC(C)CCS(C)=O)c1. The van der Waals surface area contributed by atoms with Gasteiger partial charge < -0.3 is 14.8 Å². The van der Waals surface area contributed by atoms with E-state index in [-0.39, 0.29) is 6.04 Å². The number of methoxy groups -OCH3 is 2. The van der Waals surface area contributed by atoms with Crippen LogP contribution in [-0.4, -0.2) is 36.5 Å². The second-order valence-corrected chi connectivity index (χ2v) is 6.52. The lowest BCUT2D eigenvalue weighted by Gasteiger charge is -2.22. The Morgan fingerprint density at radius 2 is 1.95 bits per heavy atom. The summed E-state index contributed by atoms with van der Waals surface area (Å²) in [7, 11) is 2.58. The minimum Gasteiger partial charge on any atom is -0.497 e. The second-order valence-electron chi connectivity index (χ2n) is 4.96. The Labute approximate surface area is 124 Å². The third kappa shape index (κ3) is 5.13. The quantitative estimate of drug-likeness (QED) is 0.801. The molecule has 0 aliphatic carbocycles. The zero-order valence-electron chi connectivity index (χ0n) is 12.9. The molecule has 1 aromatic carbocycles. The van der Waals surface area contributed by atoms with Gasteiger partial charge in [-0.3, -0.25) is 4.21 Å². The summed E-state index contributed by atoms with van der Waals surface area (Å²) in [5, 5.41) is 3.51. The third-order valence-corrected chi connectivity index (χ3v) is 4.09. The lowest BCUT2D eigenvalue weighted by molar-refractivity contribution is 0.386. The van der Waals surface area contributed by atoms with Gasteiger partial charge in [0.1, 0.15) is 11.5 Å². The Balaban J connectivity index is 2.74. The molecule has 1 rings (SSSR count). The lowest BCUT2D eigenvalue weighted by Crippen LogP contribution is -2.30. The van der Waals surface area contributed by atoms with E-state index in [4.69, 9.17) is 9.47 Å². The van der Waals surface area contributed by atoms with E-state index in [0.29, 0.717) is 6.04 Å². The molecule has 0 radical (unpaired) electrons. The molecular weight excluding hydrogens is 274 g/mol. The summed E-state index contributed by atoms with van der Waals surface area (Å²) < 4.78 is 21.8. The van der Waals surface area contributed by atoms with Crippen LogP contribution in [0.2, 0.25) is 0 Å². The zero-order valence-corrected chi connectivity index (χ0v) is 13.8. The van der Waals surface area contributed by atoms with Crippen molar-refractivity contribution in [2.45, 2.75) is 32.4 Å². The van der Waals surface area contributed by atoms with Crippen LogP contribution in [0.3, 0.4) is 0 Å². The first kappa shape index (κ1) is 17.0. The summed E-state index contributed by atoms with van der Waals surface area (Å²) in [4.78, 5) is 0. The van der Waals surface area contributed by atoms with Crippen molar-refractivity contribution in [1.82, 2.24) is 5.32 Å². The van der Waals surface area contributed by atoms with E-state index < -0.39 is 10.8 Å². The molecule has 0 saturated carbocycles. The largest absolute Gasteiger partial charge is 0.497 e. The van der Waals surface area contributed by atoms with Crippen molar-refractivity contribution in [3.05, 3.63) is 23.8 Å². The minimum atomic E-state index is -0.741.